The van der Waals surface area contributed by atoms with Gasteiger partial charge in [0.2, 0.25) is 5.43 Å². The van der Waals surface area contributed by atoms with Gasteiger partial charge in [-0.2, -0.15) is 5.10 Å². The van der Waals surface area contributed by atoms with E-state index in [1.165, 1.54) is 7.11 Å². The molecule has 3 N–H and O–H groups in total. The first kappa shape index (κ1) is 27.0. The number of halogens is 1. The van der Waals surface area contributed by atoms with Crippen LogP contribution in [0.15, 0.2) is 16.9 Å². The number of aromatic nitrogens is 3. The third-order valence-electron chi connectivity index (χ3n) is 7.67. The number of hydrogen-bond acceptors (Lipinski definition) is 6. The third kappa shape index (κ3) is 5.33. The Balaban J connectivity index is 1.58. The van der Waals surface area contributed by atoms with Crippen LogP contribution in [0.3, 0.4) is 0 Å². The smallest absolute Gasteiger partial charge is 0.251 e. The summed E-state index contributed by atoms with van der Waals surface area (Å²) in [5.74, 6) is 0.00671. The Hall–Kier alpha value is -3.04. The van der Waals surface area contributed by atoms with Crippen LogP contribution in [-0.4, -0.2) is 65.8 Å². The molecule has 1 aliphatic rings. The van der Waals surface area contributed by atoms with Gasteiger partial charge in [0, 0.05) is 34.9 Å². The lowest BCUT2D eigenvalue weighted by atomic mass is 9.89. The van der Waals surface area contributed by atoms with Gasteiger partial charge in [-0.25, -0.2) is 0 Å². The van der Waals surface area contributed by atoms with Gasteiger partial charge in [0.15, 0.2) is 5.88 Å². The van der Waals surface area contributed by atoms with Crippen molar-refractivity contribution in [2.24, 2.45) is 0 Å². The maximum atomic E-state index is 13.4. The van der Waals surface area contributed by atoms with Crippen LogP contribution in [-0.2, 0) is 6.54 Å². The van der Waals surface area contributed by atoms with E-state index in [-0.39, 0.29) is 17.9 Å². The summed E-state index contributed by atoms with van der Waals surface area (Å²) in [5.41, 5.74) is 4.02. The van der Waals surface area contributed by atoms with Gasteiger partial charge in [0.05, 0.1) is 30.4 Å². The number of ether oxygens (including phenoxy) is 1. The summed E-state index contributed by atoms with van der Waals surface area (Å²) in [6.07, 6.45) is 4.50. The molecule has 200 valence electrons. The maximum absolute atomic E-state index is 13.4. The van der Waals surface area contributed by atoms with Crippen molar-refractivity contribution in [3.05, 3.63) is 49.8 Å². The monoisotopic (exact) mass is 528 g/mol. The quantitative estimate of drug-likeness (QED) is 0.405. The number of fused-ring (bicyclic) bond motifs is 1. The van der Waals surface area contributed by atoms with Crippen LogP contribution in [0.5, 0.6) is 5.88 Å². The number of hydrogen-bond donors (Lipinski definition) is 3. The van der Waals surface area contributed by atoms with Gasteiger partial charge >= 0.3 is 0 Å². The Kier molecular flexibility index (Phi) is 8.14. The maximum Gasteiger partial charge on any atom is 0.251 e. The molecule has 1 saturated carbocycles. The molecule has 0 atom stereocenters. The normalized spacial score (nSPS) is 17.8. The van der Waals surface area contributed by atoms with E-state index in [9.17, 15) is 9.59 Å². The number of rotatable bonds is 8. The van der Waals surface area contributed by atoms with Crippen LogP contribution in [0.4, 0.5) is 5.69 Å². The summed E-state index contributed by atoms with van der Waals surface area (Å²) in [5, 5.41) is 10.3. The van der Waals surface area contributed by atoms with Crippen molar-refractivity contribution in [1.29, 1.82) is 0 Å². The van der Waals surface area contributed by atoms with Crippen molar-refractivity contribution in [3.8, 4) is 5.88 Å². The van der Waals surface area contributed by atoms with Gasteiger partial charge in [0.25, 0.3) is 5.91 Å². The molecular formula is C27H37ClN6O3. The zero-order chi connectivity index (χ0) is 26.9. The minimum Gasteiger partial charge on any atom is -0.482 e. The first-order chi connectivity index (χ1) is 17.7. The zero-order valence-corrected chi connectivity index (χ0v) is 23.3. The summed E-state index contributed by atoms with van der Waals surface area (Å²) in [6.45, 7) is 6.72. The number of H-pyrrole nitrogens is 2. The van der Waals surface area contributed by atoms with E-state index >= 15 is 0 Å². The van der Waals surface area contributed by atoms with Crippen LogP contribution in [0.1, 0.15) is 59.8 Å². The van der Waals surface area contributed by atoms with Gasteiger partial charge in [-0.05, 0) is 78.2 Å². The van der Waals surface area contributed by atoms with E-state index in [2.05, 4.69) is 51.3 Å². The number of anilines is 1. The van der Waals surface area contributed by atoms with Crippen molar-refractivity contribution in [1.82, 2.24) is 25.4 Å². The molecule has 0 aliphatic heterocycles. The van der Waals surface area contributed by atoms with Gasteiger partial charge in [0.1, 0.15) is 5.52 Å². The molecule has 2 aromatic heterocycles. The number of nitrogens with one attached hydrogen (secondary N) is 3. The highest BCUT2D eigenvalue weighted by Crippen LogP contribution is 2.34. The number of nitrogens with zero attached hydrogens (tertiary/aromatic N) is 3. The second-order valence-corrected chi connectivity index (χ2v) is 10.5. The van der Waals surface area contributed by atoms with Crippen LogP contribution in [0, 0.1) is 13.8 Å². The molecule has 4 rings (SSSR count). The van der Waals surface area contributed by atoms with Crippen LogP contribution in [0.2, 0.25) is 5.02 Å². The van der Waals surface area contributed by atoms with E-state index in [0.29, 0.717) is 50.8 Å². The molecule has 9 nitrogen and oxygen atoms in total. The van der Waals surface area contributed by atoms with E-state index in [4.69, 9.17) is 16.3 Å². The SMILES string of the molecule is CCN(c1cc(Cl)cc(C(=O)NCc2c(OC)[nH]c3c(C)n[nH]c3c2=O)c1C)[C@H]1CC[C@H](N(C)C)CC1. The average Bonchev–Trinajstić information content (AvgIpc) is 3.26. The fourth-order valence-electron chi connectivity index (χ4n) is 5.50. The van der Waals surface area contributed by atoms with Crippen molar-refractivity contribution < 1.29 is 9.53 Å². The van der Waals surface area contributed by atoms with Gasteiger partial charge in [-0.15, -0.1) is 0 Å². The summed E-state index contributed by atoms with van der Waals surface area (Å²) in [4.78, 5) is 34.2. The number of benzene rings is 1. The molecule has 1 fully saturated rings. The fraction of sp³-hybridized carbons (Fsp3) is 0.519. The minimum absolute atomic E-state index is 0.00131. The molecule has 1 amide bonds. The predicted molar refractivity (Wildman–Crippen MR) is 148 cm³/mol. The van der Waals surface area contributed by atoms with Gasteiger partial charge < -0.3 is 24.8 Å². The molecule has 1 aliphatic carbocycles. The summed E-state index contributed by atoms with van der Waals surface area (Å²) in [6, 6.07) is 4.66. The largest absolute Gasteiger partial charge is 0.482 e. The number of aryl methyl sites for hydroxylation is 1. The number of carbonyl (C=O) groups is 1. The highest BCUT2D eigenvalue weighted by atomic mass is 35.5. The van der Waals surface area contributed by atoms with Crippen molar-refractivity contribution in [2.75, 3.05) is 32.6 Å². The highest BCUT2D eigenvalue weighted by molar-refractivity contribution is 6.31. The molecular weight excluding hydrogens is 492 g/mol. The number of amides is 1. The number of pyridine rings is 1. The van der Waals surface area contributed by atoms with Gasteiger partial charge in [-0.3, -0.25) is 14.7 Å². The van der Waals surface area contributed by atoms with E-state index in [1.54, 1.807) is 13.0 Å². The molecule has 3 aromatic rings. The molecule has 0 saturated heterocycles. The molecule has 2 heterocycles. The summed E-state index contributed by atoms with van der Waals surface area (Å²) >= 11 is 6.53. The lowest BCUT2D eigenvalue weighted by Gasteiger charge is -2.40. The molecule has 0 spiro atoms. The second kappa shape index (κ2) is 11.1. The van der Waals surface area contributed by atoms with Gasteiger partial charge in [-0.1, -0.05) is 11.6 Å². The Morgan fingerprint density at radius 2 is 1.84 bits per heavy atom. The molecule has 37 heavy (non-hydrogen) atoms. The first-order valence-electron chi connectivity index (χ1n) is 12.8. The van der Waals surface area contributed by atoms with E-state index in [0.717, 1.165) is 43.5 Å². The Bertz CT molecular complexity index is 1340. The highest BCUT2D eigenvalue weighted by Gasteiger charge is 2.28. The first-order valence-corrected chi connectivity index (χ1v) is 13.2. The summed E-state index contributed by atoms with van der Waals surface area (Å²) < 4.78 is 5.41. The lowest BCUT2D eigenvalue weighted by Crippen LogP contribution is -2.42. The van der Waals surface area contributed by atoms with Crippen LogP contribution < -0.4 is 20.4 Å². The Labute approximate surface area is 222 Å². The minimum atomic E-state index is -0.295. The predicted octanol–water partition coefficient (Wildman–Crippen LogP) is 4.16. The van der Waals surface area contributed by atoms with Crippen molar-refractivity contribution in [3.63, 3.8) is 0 Å². The number of aromatic amines is 2. The van der Waals surface area contributed by atoms with E-state index in [1.807, 2.05) is 13.0 Å². The summed E-state index contributed by atoms with van der Waals surface area (Å²) in [7, 11) is 5.77. The van der Waals surface area contributed by atoms with Crippen molar-refractivity contribution in [2.45, 2.75) is 65.1 Å². The third-order valence-corrected chi connectivity index (χ3v) is 7.89. The molecule has 0 unspecified atom stereocenters. The average molecular weight is 529 g/mol. The zero-order valence-electron chi connectivity index (χ0n) is 22.5. The molecule has 0 radical (unpaired) electrons. The Morgan fingerprint density at radius 3 is 2.46 bits per heavy atom. The standard InChI is InChI=1S/C27H37ClN6O3/c1-7-34(19-10-8-18(9-11-19)33(4)5)22-13-17(28)12-20(15(22)2)26(36)29-14-21-25(35)24-23(16(3)31-32-24)30-27(21)37-6/h12-13,18-19H,7-11,14H2,1-6H3,(H,29,36)(H,30,35)(H,31,32)/t18-,19-. The van der Waals surface area contributed by atoms with Crippen LogP contribution >= 0.6 is 11.6 Å². The van der Waals surface area contributed by atoms with Crippen LogP contribution in [0.25, 0.3) is 11.0 Å². The van der Waals surface area contributed by atoms with E-state index < -0.39 is 0 Å². The number of carbonyl (C=O) groups excluding carboxylic acids is 1. The molecule has 1 aromatic carbocycles. The topological polar surface area (TPSA) is 106 Å². The number of methoxy groups -OCH3 is 1. The van der Waals surface area contributed by atoms with Crippen molar-refractivity contribution >= 4 is 34.2 Å². The second-order valence-electron chi connectivity index (χ2n) is 10.0. The molecule has 10 heteroatoms. The lowest BCUT2D eigenvalue weighted by molar-refractivity contribution is 0.0950. The molecule has 0 bridgehead atoms. The Morgan fingerprint density at radius 1 is 1.16 bits per heavy atom. The fourth-order valence-corrected chi connectivity index (χ4v) is 5.71.